The second-order valence-corrected chi connectivity index (χ2v) is 5.98. The van der Waals surface area contributed by atoms with E-state index >= 15 is 0 Å². The van der Waals surface area contributed by atoms with Crippen molar-refractivity contribution in [1.82, 2.24) is 10.5 Å². The van der Waals surface area contributed by atoms with Crippen LogP contribution in [0.25, 0.3) is 0 Å². The number of carbonyl (C=O) groups is 2. The molecule has 0 radical (unpaired) electrons. The van der Waals surface area contributed by atoms with E-state index in [9.17, 15) is 9.59 Å². The number of methoxy groups -OCH3 is 2. The fourth-order valence-corrected chi connectivity index (χ4v) is 2.70. The molecule has 0 unspecified atom stereocenters. The number of hydrogen-bond acceptors (Lipinski definition) is 6. The minimum absolute atomic E-state index is 0.0554. The van der Waals surface area contributed by atoms with Crippen molar-refractivity contribution in [2.45, 2.75) is 39.2 Å². The lowest BCUT2D eigenvalue weighted by molar-refractivity contribution is -0.141. The largest absolute Gasteiger partial charge is 0.497 e. The molecule has 2 aromatic rings. The molecule has 140 valence electrons. The van der Waals surface area contributed by atoms with Crippen LogP contribution in [-0.2, 0) is 20.7 Å². The summed E-state index contributed by atoms with van der Waals surface area (Å²) in [7, 11) is 2.91. The highest BCUT2D eigenvalue weighted by atomic mass is 16.5. The van der Waals surface area contributed by atoms with Gasteiger partial charge in [0, 0.05) is 12.0 Å². The SMILES string of the molecule is COC(=O)C[C@H](NC(=O)CCc1c(C)noc1C)c1ccc(OC)cc1. The molecule has 1 N–H and O–H groups in total. The van der Waals surface area contributed by atoms with Crippen LogP contribution in [0.1, 0.15) is 41.5 Å². The fourth-order valence-electron chi connectivity index (χ4n) is 2.70. The molecule has 0 saturated heterocycles. The first-order valence-electron chi connectivity index (χ1n) is 8.36. The van der Waals surface area contributed by atoms with Crippen LogP contribution in [-0.4, -0.2) is 31.3 Å². The van der Waals surface area contributed by atoms with Crippen molar-refractivity contribution in [3.63, 3.8) is 0 Å². The van der Waals surface area contributed by atoms with Gasteiger partial charge in [-0.3, -0.25) is 9.59 Å². The van der Waals surface area contributed by atoms with E-state index in [0.29, 0.717) is 12.2 Å². The number of nitrogens with one attached hydrogen (secondary N) is 1. The molecule has 1 heterocycles. The second kappa shape index (κ2) is 9.03. The average Bonchev–Trinajstić information content (AvgIpc) is 2.97. The van der Waals surface area contributed by atoms with Gasteiger partial charge in [-0.2, -0.15) is 0 Å². The van der Waals surface area contributed by atoms with Gasteiger partial charge in [0.05, 0.1) is 32.4 Å². The van der Waals surface area contributed by atoms with Crippen molar-refractivity contribution in [1.29, 1.82) is 0 Å². The van der Waals surface area contributed by atoms with Gasteiger partial charge in [-0.1, -0.05) is 17.3 Å². The summed E-state index contributed by atoms with van der Waals surface area (Å²) in [6.45, 7) is 3.67. The minimum atomic E-state index is -0.467. The Labute approximate surface area is 152 Å². The zero-order valence-corrected chi connectivity index (χ0v) is 15.5. The summed E-state index contributed by atoms with van der Waals surface area (Å²) in [5.41, 5.74) is 2.53. The third kappa shape index (κ3) is 5.08. The highest BCUT2D eigenvalue weighted by Crippen LogP contribution is 2.21. The number of amides is 1. The minimum Gasteiger partial charge on any atom is -0.497 e. The zero-order chi connectivity index (χ0) is 19.1. The first-order chi connectivity index (χ1) is 12.4. The number of nitrogens with zero attached hydrogens (tertiary/aromatic N) is 1. The van der Waals surface area contributed by atoms with E-state index in [0.717, 1.165) is 22.6 Å². The van der Waals surface area contributed by atoms with Gasteiger partial charge in [0.1, 0.15) is 11.5 Å². The molecule has 26 heavy (non-hydrogen) atoms. The van der Waals surface area contributed by atoms with E-state index in [-0.39, 0.29) is 18.7 Å². The Hall–Kier alpha value is -2.83. The van der Waals surface area contributed by atoms with Crippen LogP contribution in [0.3, 0.4) is 0 Å². The lowest BCUT2D eigenvalue weighted by Crippen LogP contribution is -2.30. The normalized spacial score (nSPS) is 11.7. The first kappa shape index (κ1) is 19.5. The van der Waals surface area contributed by atoms with Gasteiger partial charge in [0.15, 0.2) is 0 Å². The van der Waals surface area contributed by atoms with Crippen LogP contribution < -0.4 is 10.1 Å². The number of aryl methyl sites for hydroxylation is 2. The average molecular weight is 360 g/mol. The summed E-state index contributed by atoms with van der Waals surface area (Å²) in [5, 5.41) is 6.80. The van der Waals surface area contributed by atoms with E-state index < -0.39 is 12.0 Å². The van der Waals surface area contributed by atoms with E-state index in [2.05, 4.69) is 10.5 Å². The molecular formula is C19H24N2O5. The highest BCUT2D eigenvalue weighted by molar-refractivity contribution is 5.78. The number of hydrogen-bond donors (Lipinski definition) is 1. The number of benzene rings is 1. The number of carbonyl (C=O) groups excluding carboxylic acids is 2. The molecule has 1 atom stereocenters. The van der Waals surface area contributed by atoms with Crippen molar-refractivity contribution in [3.8, 4) is 5.75 Å². The van der Waals surface area contributed by atoms with Gasteiger partial charge in [-0.15, -0.1) is 0 Å². The molecule has 1 aromatic carbocycles. The Morgan fingerprint density at radius 3 is 2.42 bits per heavy atom. The number of aromatic nitrogens is 1. The molecule has 1 aromatic heterocycles. The summed E-state index contributed by atoms with van der Waals surface area (Å²) < 4.78 is 15.0. The molecule has 2 rings (SSSR count). The van der Waals surface area contributed by atoms with Crippen LogP contribution in [0.2, 0.25) is 0 Å². The van der Waals surface area contributed by atoms with Crippen molar-refractivity contribution >= 4 is 11.9 Å². The molecule has 0 saturated carbocycles. The molecular weight excluding hydrogens is 336 g/mol. The van der Waals surface area contributed by atoms with Crippen molar-refractivity contribution < 1.29 is 23.6 Å². The van der Waals surface area contributed by atoms with Crippen LogP contribution in [0.5, 0.6) is 5.75 Å². The maximum Gasteiger partial charge on any atom is 0.307 e. The van der Waals surface area contributed by atoms with Gasteiger partial charge in [0.2, 0.25) is 5.91 Å². The molecule has 0 fully saturated rings. The Morgan fingerprint density at radius 1 is 1.19 bits per heavy atom. The summed E-state index contributed by atoms with van der Waals surface area (Å²) in [6, 6.07) is 6.75. The summed E-state index contributed by atoms with van der Waals surface area (Å²) >= 11 is 0. The van der Waals surface area contributed by atoms with Gasteiger partial charge in [0.25, 0.3) is 0 Å². The third-order valence-corrected chi connectivity index (χ3v) is 4.24. The van der Waals surface area contributed by atoms with Crippen molar-refractivity contribution in [3.05, 3.63) is 46.8 Å². The second-order valence-electron chi connectivity index (χ2n) is 5.98. The summed E-state index contributed by atoms with van der Waals surface area (Å²) in [4.78, 5) is 24.1. The smallest absolute Gasteiger partial charge is 0.307 e. The molecule has 0 spiro atoms. The molecule has 7 nitrogen and oxygen atoms in total. The lowest BCUT2D eigenvalue weighted by Gasteiger charge is -2.18. The highest BCUT2D eigenvalue weighted by Gasteiger charge is 2.20. The number of ether oxygens (including phenoxy) is 2. The summed E-state index contributed by atoms with van der Waals surface area (Å²) in [5.74, 6) is 0.874. The molecule has 7 heteroatoms. The Morgan fingerprint density at radius 2 is 1.88 bits per heavy atom. The Kier molecular flexibility index (Phi) is 6.77. The number of rotatable bonds is 8. The summed E-state index contributed by atoms with van der Waals surface area (Å²) in [6.07, 6.45) is 0.858. The van der Waals surface area contributed by atoms with E-state index in [1.165, 1.54) is 7.11 Å². The van der Waals surface area contributed by atoms with Crippen molar-refractivity contribution in [2.75, 3.05) is 14.2 Å². The fraction of sp³-hybridized carbons (Fsp3) is 0.421. The topological polar surface area (TPSA) is 90.7 Å². The van der Waals surface area contributed by atoms with E-state index in [1.807, 2.05) is 26.0 Å². The van der Waals surface area contributed by atoms with Crippen LogP contribution in [0.4, 0.5) is 0 Å². The Balaban J connectivity index is 2.04. The molecule has 0 aliphatic carbocycles. The molecule has 0 aliphatic rings. The van der Waals surface area contributed by atoms with Crippen LogP contribution >= 0.6 is 0 Å². The Bertz CT molecular complexity index is 732. The standard InChI is InChI=1S/C19H24N2O5/c1-12-16(13(2)26-21-12)9-10-18(22)20-17(11-19(23)25-4)14-5-7-15(24-3)8-6-14/h5-8,17H,9-11H2,1-4H3,(H,20,22)/t17-/m0/s1. The van der Waals surface area contributed by atoms with E-state index in [4.69, 9.17) is 14.0 Å². The first-order valence-corrected chi connectivity index (χ1v) is 8.36. The molecule has 0 bridgehead atoms. The maximum absolute atomic E-state index is 12.4. The molecule has 1 amide bonds. The predicted molar refractivity (Wildman–Crippen MR) is 94.8 cm³/mol. The van der Waals surface area contributed by atoms with Gasteiger partial charge in [-0.05, 0) is 38.0 Å². The quantitative estimate of drug-likeness (QED) is 0.728. The lowest BCUT2D eigenvalue weighted by atomic mass is 10.0. The third-order valence-electron chi connectivity index (χ3n) is 4.24. The van der Waals surface area contributed by atoms with Crippen LogP contribution in [0, 0.1) is 13.8 Å². The predicted octanol–water partition coefficient (Wildman–Crippen LogP) is 2.65. The van der Waals surface area contributed by atoms with Gasteiger partial charge < -0.3 is 19.3 Å². The van der Waals surface area contributed by atoms with Crippen LogP contribution in [0.15, 0.2) is 28.8 Å². The monoisotopic (exact) mass is 360 g/mol. The zero-order valence-electron chi connectivity index (χ0n) is 15.5. The van der Waals surface area contributed by atoms with Gasteiger partial charge in [-0.25, -0.2) is 0 Å². The molecule has 0 aliphatic heterocycles. The van der Waals surface area contributed by atoms with Crippen molar-refractivity contribution in [2.24, 2.45) is 0 Å². The number of esters is 1. The van der Waals surface area contributed by atoms with E-state index in [1.54, 1.807) is 19.2 Å². The maximum atomic E-state index is 12.4. The van der Waals surface area contributed by atoms with Gasteiger partial charge >= 0.3 is 5.97 Å².